The third-order valence-corrected chi connectivity index (χ3v) is 2.53. The van der Waals surface area contributed by atoms with Crippen molar-refractivity contribution in [2.75, 3.05) is 13.2 Å². The average molecular weight is 247 g/mol. The predicted molar refractivity (Wildman–Crippen MR) is 60.0 cm³/mol. The maximum atomic E-state index is 12.4. The molecule has 0 fully saturated rings. The fourth-order valence-electron chi connectivity index (χ4n) is 1.35. The average Bonchev–Trinajstić information content (AvgIpc) is 2.22. The summed E-state index contributed by atoms with van der Waals surface area (Å²) in [4.78, 5) is 0. The minimum absolute atomic E-state index is 0.440. The summed E-state index contributed by atoms with van der Waals surface area (Å²) in [5, 5.41) is 0. The van der Waals surface area contributed by atoms with Crippen molar-refractivity contribution in [2.24, 2.45) is 11.7 Å². The molecule has 0 spiro atoms. The lowest BCUT2D eigenvalue weighted by Crippen LogP contribution is -2.35. The molecule has 5 heteroatoms. The van der Waals surface area contributed by atoms with Crippen LogP contribution >= 0.6 is 0 Å². The molecular weight excluding hydrogens is 231 g/mol. The summed E-state index contributed by atoms with van der Waals surface area (Å²) >= 11 is 0. The number of benzene rings is 1. The Balaban J connectivity index is 2.69. The van der Waals surface area contributed by atoms with E-state index in [-0.39, 0.29) is 0 Å². The van der Waals surface area contributed by atoms with E-state index >= 15 is 0 Å². The van der Waals surface area contributed by atoms with Crippen LogP contribution in [0.25, 0.3) is 0 Å². The van der Waals surface area contributed by atoms with Gasteiger partial charge in [-0.3, -0.25) is 0 Å². The standard InChI is InChI=1S/C12H16F3NO/c1-8-3-4-9(2)11(5-8)17-7-10(6-16)12(13,14)15/h3-5,10H,6-7,16H2,1-2H3. The van der Waals surface area contributed by atoms with Gasteiger partial charge >= 0.3 is 6.18 Å². The summed E-state index contributed by atoms with van der Waals surface area (Å²) in [6.45, 7) is 2.74. The molecular formula is C12H16F3NO. The summed E-state index contributed by atoms with van der Waals surface area (Å²) in [5.41, 5.74) is 6.85. The first-order valence-corrected chi connectivity index (χ1v) is 5.31. The highest BCUT2D eigenvalue weighted by atomic mass is 19.4. The van der Waals surface area contributed by atoms with Crippen LogP contribution in [0, 0.1) is 19.8 Å². The van der Waals surface area contributed by atoms with E-state index in [1.54, 1.807) is 13.0 Å². The highest BCUT2D eigenvalue weighted by molar-refractivity contribution is 5.35. The van der Waals surface area contributed by atoms with Gasteiger partial charge in [0.2, 0.25) is 0 Å². The Hall–Kier alpha value is -1.23. The molecule has 1 aromatic carbocycles. The fraction of sp³-hybridized carbons (Fsp3) is 0.500. The van der Waals surface area contributed by atoms with E-state index in [1.807, 2.05) is 19.1 Å². The van der Waals surface area contributed by atoms with E-state index in [0.717, 1.165) is 11.1 Å². The number of ether oxygens (including phenoxy) is 1. The smallest absolute Gasteiger partial charge is 0.396 e. The van der Waals surface area contributed by atoms with Gasteiger partial charge in [-0.2, -0.15) is 13.2 Å². The first-order valence-electron chi connectivity index (χ1n) is 5.31. The van der Waals surface area contributed by atoms with Gasteiger partial charge < -0.3 is 10.5 Å². The van der Waals surface area contributed by atoms with Crippen molar-refractivity contribution in [2.45, 2.75) is 20.0 Å². The van der Waals surface area contributed by atoms with Crippen molar-refractivity contribution < 1.29 is 17.9 Å². The fourth-order valence-corrected chi connectivity index (χ4v) is 1.35. The molecule has 1 unspecified atom stereocenters. The normalized spacial score (nSPS) is 13.5. The summed E-state index contributed by atoms with van der Waals surface area (Å²) in [5.74, 6) is -1.14. The zero-order chi connectivity index (χ0) is 13.1. The molecule has 0 aliphatic rings. The second-order valence-corrected chi connectivity index (χ2v) is 4.05. The van der Waals surface area contributed by atoms with Crippen molar-refractivity contribution in [1.29, 1.82) is 0 Å². The highest BCUT2D eigenvalue weighted by Crippen LogP contribution is 2.27. The monoisotopic (exact) mass is 247 g/mol. The summed E-state index contributed by atoms with van der Waals surface area (Å²) in [7, 11) is 0. The largest absolute Gasteiger partial charge is 0.493 e. The van der Waals surface area contributed by atoms with Crippen LogP contribution < -0.4 is 10.5 Å². The quantitative estimate of drug-likeness (QED) is 0.888. The predicted octanol–water partition coefficient (Wildman–Crippen LogP) is 2.82. The molecule has 1 atom stereocenters. The molecule has 0 amide bonds. The molecule has 0 aliphatic heterocycles. The molecule has 2 N–H and O–H groups in total. The first kappa shape index (κ1) is 13.8. The third kappa shape index (κ3) is 3.93. The Labute approximate surface area is 98.6 Å². The highest BCUT2D eigenvalue weighted by Gasteiger charge is 2.39. The number of alkyl halides is 3. The van der Waals surface area contributed by atoms with Crippen molar-refractivity contribution in [3.63, 3.8) is 0 Å². The SMILES string of the molecule is Cc1ccc(C)c(OCC(CN)C(F)(F)F)c1. The molecule has 0 aliphatic carbocycles. The molecule has 1 aromatic rings. The molecule has 0 radical (unpaired) electrons. The lowest BCUT2D eigenvalue weighted by atomic mass is 10.1. The topological polar surface area (TPSA) is 35.2 Å². The number of hydrogen-bond donors (Lipinski definition) is 1. The molecule has 1 rings (SSSR count). The van der Waals surface area contributed by atoms with Gasteiger partial charge in [0, 0.05) is 6.54 Å². The Morgan fingerprint density at radius 3 is 2.47 bits per heavy atom. The van der Waals surface area contributed by atoms with Crippen LogP contribution in [0.3, 0.4) is 0 Å². The van der Waals surface area contributed by atoms with E-state index in [2.05, 4.69) is 0 Å². The van der Waals surface area contributed by atoms with Crippen LogP contribution in [-0.2, 0) is 0 Å². The minimum Gasteiger partial charge on any atom is -0.493 e. The van der Waals surface area contributed by atoms with Gasteiger partial charge in [-0.1, -0.05) is 12.1 Å². The van der Waals surface area contributed by atoms with E-state index in [9.17, 15) is 13.2 Å². The van der Waals surface area contributed by atoms with Gasteiger partial charge in [0.15, 0.2) is 0 Å². The second-order valence-electron chi connectivity index (χ2n) is 4.05. The van der Waals surface area contributed by atoms with Crippen molar-refractivity contribution in [1.82, 2.24) is 0 Å². The first-order chi connectivity index (χ1) is 7.84. The molecule has 0 saturated heterocycles. The Kier molecular flexibility index (Phi) is 4.40. The van der Waals surface area contributed by atoms with Crippen LogP contribution in [0.15, 0.2) is 18.2 Å². The molecule has 0 bridgehead atoms. The Morgan fingerprint density at radius 2 is 1.94 bits per heavy atom. The van der Waals surface area contributed by atoms with Crippen LogP contribution in [0.2, 0.25) is 0 Å². The van der Waals surface area contributed by atoms with Gasteiger partial charge in [-0.05, 0) is 31.0 Å². The molecule has 0 heterocycles. The van der Waals surface area contributed by atoms with Gasteiger partial charge in [0.25, 0.3) is 0 Å². The molecule has 0 aromatic heterocycles. The second kappa shape index (κ2) is 5.40. The molecule has 2 nitrogen and oxygen atoms in total. The summed E-state index contributed by atoms with van der Waals surface area (Å²) in [6, 6.07) is 5.42. The van der Waals surface area contributed by atoms with Crippen LogP contribution in [0.5, 0.6) is 5.75 Å². The Morgan fingerprint density at radius 1 is 1.29 bits per heavy atom. The van der Waals surface area contributed by atoms with Gasteiger partial charge in [-0.15, -0.1) is 0 Å². The van der Waals surface area contributed by atoms with E-state index in [4.69, 9.17) is 10.5 Å². The number of aryl methyl sites for hydroxylation is 2. The van der Waals surface area contributed by atoms with Crippen LogP contribution in [0.1, 0.15) is 11.1 Å². The Bertz CT molecular complexity index is 377. The number of halogens is 3. The lowest BCUT2D eigenvalue weighted by Gasteiger charge is -2.19. The van der Waals surface area contributed by atoms with Crippen molar-refractivity contribution in [3.05, 3.63) is 29.3 Å². The third-order valence-electron chi connectivity index (χ3n) is 2.53. The van der Waals surface area contributed by atoms with Gasteiger partial charge in [0.1, 0.15) is 18.3 Å². The minimum atomic E-state index is -4.31. The molecule has 17 heavy (non-hydrogen) atoms. The van der Waals surface area contributed by atoms with Crippen molar-refractivity contribution in [3.8, 4) is 5.75 Å². The number of nitrogens with two attached hydrogens (primary N) is 1. The van der Waals surface area contributed by atoms with E-state index in [1.165, 1.54) is 0 Å². The number of rotatable bonds is 4. The van der Waals surface area contributed by atoms with E-state index in [0.29, 0.717) is 5.75 Å². The van der Waals surface area contributed by atoms with E-state index < -0.39 is 25.2 Å². The lowest BCUT2D eigenvalue weighted by molar-refractivity contribution is -0.178. The van der Waals surface area contributed by atoms with Gasteiger partial charge in [-0.25, -0.2) is 0 Å². The zero-order valence-corrected chi connectivity index (χ0v) is 9.84. The van der Waals surface area contributed by atoms with Crippen LogP contribution in [0.4, 0.5) is 13.2 Å². The zero-order valence-electron chi connectivity index (χ0n) is 9.84. The molecule has 0 saturated carbocycles. The number of hydrogen-bond acceptors (Lipinski definition) is 2. The summed E-state index contributed by atoms with van der Waals surface area (Å²) in [6.07, 6.45) is -4.31. The summed E-state index contributed by atoms with van der Waals surface area (Å²) < 4.78 is 42.5. The van der Waals surface area contributed by atoms with Crippen LogP contribution in [-0.4, -0.2) is 19.3 Å². The maximum Gasteiger partial charge on any atom is 0.396 e. The van der Waals surface area contributed by atoms with Gasteiger partial charge in [0.05, 0.1) is 0 Å². The van der Waals surface area contributed by atoms with Crippen molar-refractivity contribution >= 4 is 0 Å². The maximum absolute atomic E-state index is 12.4. The molecule has 96 valence electrons.